The van der Waals surface area contributed by atoms with Gasteiger partial charge in [-0.3, -0.25) is 13.9 Å². The molecule has 230 valence electrons. The summed E-state index contributed by atoms with van der Waals surface area (Å²) in [5.74, 6) is -0.179. The largest absolute Gasteiger partial charge is 0.497 e. The summed E-state index contributed by atoms with van der Waals surface area (Å²) in [7, 11) is -2.67. The van der Waals surface area contributed by atoms with Crippen LogP contribution in [-0.2, 0) is 26.2 Å². The van der Waals surface area contributed by atoms with E-state index in [1.165, 1.54) is 35.2 Å². The number of hydrogen-bond donors (Lipinski definition) is 1. The average molecular weight is 647 g/mol. The van der Waals surface area contributed by atoms with Gasteiger partial charge in [0.05, 0.1) is 17.7 Å². The third kappa shape index (κ3) is 8.43. The first-order valence-corrected chi connectivity index (χ1v) is 16.6. The van der Waals surface area contributed by atoms with Gasteiger partial charge in [0.2, 0.25) is 11.8 Å². The maximum absolute atomic E-state index is 14.3. The van der Waals surface area contributed by atoms with E-state index in [9.17, 15) is 18.0 Å². The number of halogens is 2. The molecule has 1 aliphatic carbocycles. The van der Waals surface area contributed by atoms with Crippen LogP contribution in [0.1, 0.15) is 51.0 Å². The average Bonchev–Trinajstić information content (AvgIpc) is 3.00. The Balaban J connectivity index is 1.71. The molecule has 0 radical (unpaired) electrons. The Morgan fingerprint density at radius 2 is 1.65 bits per heavy atom. The van der Waals surface area contributed by atoms with E-state index >= 15 is 0 Å². The summed E-state index contributed by atoms with van der Waals surface area (Å²) in [6.45, 7) is 1.37. The summed E-state index contributed by atoms with van der Waals surface area (Å²) in [5, 5.41) is 3.84. The number of rotatable bonds is 12. The quantitative estimate of drug-likeness (QED) is 0.244. The van der Waals surface area contributed by atoms with Crippen molar-refractivity contribution in [3.05, 3.63) is 88.4 Å². The van der Waals surface area contributed by atoms with Crippen LogP contribution in [-0.4, -0.2) is 50.9 Å². The van der Waals surface area contributed by atoms with Crippen molar-refractivity contribution in [3.63, 3.8) is 0 Å². The van der Waals surface area contributed by atoms with Crippen molar-refractivity contribution in [3.8, 4) is 5.75 Å². The van der Waals surface area contributed by atoms with E-state index in [1.807, 2.05) is 19.1 Å². The van der Waals surface area contributed by atoms with Gasteiger partial charge in [-0.2, -0.15) is 0 Å². The Labute approximate surface area is 264 Å². The normalized spacial score (nSPS) is 14.5. The fraction of sp³-hybridized carbons (Fsp3) is 0.375. The number of sulfonamides is 1. The summed E-state index contributed by atoms with van der Waals surface area (Å²) in [6.07, 6.45) is 5.37. The van der Waals surface area contributed by atoms with Crippen molar-refractivity contribution in [2.24, 2.45) is 0 Å². The third-order valence-electron chi connectivity index (χ3n) is 7.60. The summed E-state index contributed by atoms with van der Waals surface area (Å²) < 4.78 is 34.3. The molecule has 1 fully saturated rings. The first-order chi connectivity index (χ1) is 20.6. The minimum Gasteiger partial charge on any atom is -0.497 e. The zero-order chi connectivity index (χ0) is 31.0. The first-order valence-electron chi connectivity index (χ1n) is 14.4. The molecular weight excluding hydrogens is 609 g/mol. The van der Waals surface area contributed by atoms with Crippen molar-refractivity contribution in [1.82, 2.24) is 10.2 Å². The van der Waals surface area contributed by atoms with Crippen LogP contribution >= 0.6 is 23.2 Å². The Morgan fingerprint density at radius 3 is 2.30 bits per heavy atom. The number of anilines is 1. The van der Waals surface area contributed by atoms with Gasteiger partial charge >= 0.3 is 0 Å². The van der Waals surface area contributed by atoms with Gasteiger partial charge in [-0.05, 0) is 79.4 Å². The minimum absolute atomic E-state index is 0.0360. The molecular formula is C32H37Cl2N3O5S. The lowest BCUT2D eigenvalue weighted by atomic mass is 9.95. The Hall–Kier alpha value is -3.27. The number of hydrogen-bond acceptors (Lipinski definition) is 5. The Kier molecular flexibility index (Phi) is 11.3. The van der Waals surface area contributed by atoms with Crippen LogP contribution in [0.25, 0.3) is 0 Å². The maximum Gasteiger partial charge on any atom is 0.264 e. The van der Waals surface area contributed by atoms with E-state index in [1.54, 1.807) is 37.4 Å². The van der Waals surface area contributed by atoms with E-state index in [-0.39, 0.29) is 29.1 Å². The lowest BCUT2D eigenvalue weighted by molar-refractivity contribution is -0.140. The molecule has 1 saturated carbocycles. The molecule has 43 heavy (non-hydrogen) atoms. The zero-order valence-corrected chi connectivity index (χ0v) is 26.7. The molecule has 3 aromatic carbocycles. The van der Waals surface area contributed by atoms with E-state index in [2.05, 4.69) is 5.32 Å². The molecule has 0 aliphatic heterocycles. The van der Waals surface area contributed by atoms with Gasteiger partial charge in [-0.25, -0.2) is 8.42 Å². The molecule has 11 heteroatoms. The number of carbonyl (C=O) groups excluding carboxylic acids is 2. The van der Waals surface area contributed by atoms with Gasteiger partial charge in [0, 0.05) is 22.6 Å². The molecule has 0 saturated heterocycles. The third-order valence-corrected chi connectivity index (χ3v) is 9.88. The molecule has 1 aliphatic rings. The van der Waals surface area contributed by atoms with Gasteiger partial charge in [-0.1, -0.05) is 67.6 Å². The molecule has 0 bridgehead atoms. The summed E-state index contributed by atoms with van der Waals surface area (Å²) >= 11 is 12.3. The monoisotopic (exact) mass is 645 g/mol. The van der Waals surface area contributed by atoms with Crippen LogP contribution in [0.3, 0.4) is 0 Å². The highest BCUT2D eigenvalue weighted by atomic mass is 35.5. The molecule has 0 spiro atoms. The molecule has 4 rings (SSSR count). The fourth-order valence-electron chi connectivity index (χ4n) is 5.33. The second kappa shape index (κ2) is 14.9. The smallest absolute Gasteiger partial charge is 0.264 e. The number of amides is 2. The van der Waals surface area contributed by atoms with Gasteiger partial charge in [-0.15, -0.1) is 0 Å². The topological polar surface area (TPSA) is 96.0 Å². The SMILES string of the molecule is CC[C@H](C(=O)NC1CCCCC1)N(Cc1cccc(OC)c1)C(=O)CN(c1cccc(Cl)c1)S(=O)(=O)c1ccc(Cl)cc1. The maximum atomic E-state index is 14.3. The highest BCUT2D eigenvalue weighted by Gasteiger charge is 2.34. The summed E-state index contributed by atoms with van der Waals surface area (Å²) in [4.78, 5) is 29.3. The molecule has 8 nitrogen and oxygen atoms in total. The summed E-state index contributed by atoms with van der Waals surface area (Å²) in [5.41, 5.74) is 0.961. The highest BCUT2D eigenvalue weighted by molar-refractivity contribution is 7.92. The zero-order valence-electron chi connectivity index (χ0n) is 24.3. The number of nitrogens with zero attached hydrogens (tertiary/aromatic N) is 2. The molecule has 3 aromatic rings. The molecule has 2 amide bonds. The lowest BCUT2D eigenvalue weighted by Gasteiger charge is -2.34. The van der Waals surface area contributed by atoms with E-state index in [0.29, 0.717) is 22.2 Å². The number of benzene rings is 3. The van der Waals surface area contributed by atoms with Crippen LogP contribution in [0.2, 0.25) is 10.0 Å². The second-order valence-electron chi connectivity index (χ2n) is 10.6. The molecule has 0 aromatic heterocycles. The molecule has 0 unspecified atom stereocenters. The van der Waals surface area contributed by atoms with Gasteiger partial charge in [0.1, 0.15) is 18.3 Å². The van der Waals surface area contributed by atoms with E-state index < -0.39 is 28.5 Å². The van der Waals surface area contributed by atoms with Crippen molar-refractivity contribution < 1.29 is 22.7 Å². The minimum atomic E-state index is -4.23. The van der Waals surface area contributed by atoms with E-state index in [4.69, 9.17) is 27.9 Å². The van der Waals surface area contributed by atoms with Crippen LogP contribution in [0.5, 0.6) is 5.75 Å². The molecule has 0 heterocycles. The Morgan fingerprint density at radius 1 is 0.953 bits per heavy atom. The van der Waals surface area contributed by atoms with Crippen molar-refractivity contribution in [2.75, 3.05) is 18.0 Å². The summed E-state index contributed by atoms with van der Waals surface area (Å²) in [6, 6.07) is 18.5. The fourth-order valence-corrected chi connectivity index (χ4v) is 7.04. The number of nitrogens with one attached hydrogen (secondary N) is 1. The number of methoxy groups -OCH3 is 1. The van der Waals surface area contributed by atoms with Gasteiger partial charge < -0.3 is 15.0 Å². The van der Waals surface area contributed by atoms with Crippen LogP contribution in [0.4, 0.5) is 5.69 Å². The Bertz CT molecular complexity index is 1510. The standard InChI is InChI=1S/C32H37Cl2N3O5S/c1-3-30(32(39)35-26-11-5-4-6-12-26)36(21-23-9-7-14-28(19-23)42-2)31(38)22-37(27-13-8-10-25(34)20-27)43(40,41)29-17-15-24(33)16-18-29/h7-10,13-20,26,30H,3-6,11-12,21-22H2,1-2H3,(H,35,39)/t30-/m1/s1. The highest BCUT2D eigenvalue weighted by Crippen LogP contribution is 2.28. The number of carbonyl (C=O) groups is 2. The van der Waals surface area contributed by atoms with Crippen molar-refractivity contribution in [2.45, 2.75) is 69.0 Å². The second-order valence-corrected chi connectivity index (χ2v) is 13.3. The molecule has 1 atom stereocenters. The predicted octanol–water partition coefficient (Wildman–Crippen LogP) is 6.45. The lowest BCUT2D eigenvalue weighted by Crippen LogP contribution is -2.54. The van der Waals surface area contributed by atoms with Crippen molar-refractivity contribution >= 4 is 50.7 Å². The van der Waals surface area contributed by atoms with Gasteiger partial charge in [0.25, 0.3) is 10.0 Å². The van der Waals surface area contributed by atoms with Gasteiger partial charge in [0.15, 0.2) is 0 Å². The predicted molar refractivity (Wildman–Crippen MR) is 170 cm³/mol. The van der Waals surface area contributed by atoms with Crippen molar-refractivity contribution in [1.29, 1.82) is 0 Å². The van der Waals surface area contributed by atoms with E-state index in [0.717, 1.165) is 42.0 Å². The molecule has 1 N–H and O–H groups in total. The first kappa shape index (κ1) is 32.6. The number of ether oxygens (including phenoxy) is 1. The van der Waals surface area contributed by atoms with Crippen LogP contribution in [0.15, 0.2) is 77.7 Å². The van der Waals surface area contributed by atoms with Crippen LogP contribution in [0, 0.1) is 0 Å². The van der Waals surface area contributed by atoms with Crippen LogP contribution < -0.4 is 14.4 Å².